The van der Waals surface area contributed by atoms with E-state index in [1.807, 2.05) is 0 Å². The lowest BCUT2D eigenvalue weighted by Gasteiger charge is -2.50. The Morgan fingerprint density at radius 2 is 1.90 bits per heavy atom. The second-order valence-electron chi connectivity index (χ2n) is 7.56. The van der Waals surface area contributed by atoms with E-state index < -0.39 is 0 Å². The maximum atomic E-state index is 5.76. The lowest BCUT2D eigenvalue weighted by Crippen LogP contribution is -2.53. The van der Waals surface area contributed by atoms with Crippen LogP contribution in [0.1, 0.15) is 46.1 Å². The monoisotopic (exact) mass is 289 g/mol. The predicted molar refractivity (Wildman–Crippen MR) is 85.3 cm³/mol. The molecule has 2 unspecified atom stereocenters. The molecule has 1 aromatic carbocycles. The maximum absolute atomic E-state index is 5.76. The number of nitrogens with one attached hydrogen (secondary N) is 1. The molecule has 3 heteroatoms. The highest BCUT2D eigenvalue weighted by atomic mass is 16.6. The fourth-order valence-electron chi connectivity index (χ4n) is 3.35. The van der Waals surface area contributed by atoms with E-state index in [-0.39, 0.29) is 11.0 Å². The van der Waals surface area contributed by atoms with Gasteiger partial charge in [0, 0.05) is 17.5 Å². The van der Waals surface area contributed by atoms with Gasteiger partial charge in [-0.1, -0.05) is 13.0 Å². The average molecular weight is 289 g/mol. The van der Waals surface area contributed by atoms with Crippen molar-refractivity contribution in [3.63, 3.8) is 0 Å². The minimum absolute atomic E-state index is 0.149. The Morgan fingerprint density at radius 1 is 1.19 bits per heavy atom. The van der Waals surface area contributed by atoms with Crippen LogP contribution in [0.5, 0.6) is 11.5 Å². The normalized spacial score (nSPS) is 28.1. The van der Waals surface area contributed by atoms with E-state index >= 15 is 0 Å². The first-order valence-corrected chi connectivity index (χ1v) is 8.06. The molecule has 21 heavy (non-hydrogen) atoms. The van der Waals surface area contributed by atoms with Gasteiger partial charge in [0.2, 0.25) is 0 Å². The van der Waals surface area contributed by atoms with Crippen molar-refractivity contribution in [3.8, 4) is 11.5 Å². The molecule has 0 spiro atoms. The third-order valence-corrected chi connectivity index (χ3v) is 5.02. The van der Waals surface area contributed by atoms with Gasteiger partial charge in [0.1, 0.15) is 13.2 Å². The molecule has 0 bridgehead atoms. The van der Waals surface area contributed by atoms with E-state index in [2.05, 4.69) is 51.2 Å². The molecule has 1 aromatic rings. The molecule has 1 aliphatic carbocycles. The number of hydrogen-bond donors (Lipinski definition) is 1. The predicted octanol–water partition coefficient (Wildman–Crippen LogP) is 3.51. The molecular weight excluding hydrogens is 262 g/mol. The zero-order chi connectivity index (χ0) is 15.1. The molecule has 116 valence electrons. The number of fused-ring (bicyclic) bond motifs is 1. The second kappa shape index (κ2) is 5.20. The Labute approximate surface area is 128 Å². The molecule has 2 atom stereocenters. The van der Waals surface area contributed by atoms with Crippen LogP contribution in [0, 0.1) is 5.92 Å². The zero-order valence-corrected chi connectivity index (χ0v) is 13.7. The average Bonchev–Trinajstić information content (AvgIpc) is 2.45. The van der Waals surface area contributed by atoms with Gasteiger partial charge in [-0.15, -0.1) is 0 Å². The standard InChI is InChI=1S/C18H27NO2/c1-13-7-8-18(13,12-19-17(2,3)4)14-5-6-15-16(11-14)21-10-9-20-15/h5-6,11,13,19H,7-10,12H2,1-4H3. The number of rotatable bonds is 3. The highest BCUT2D eigenvalue weighted by Crippen LogP contribution is 2.50. The van der Waals surface area contributed by atoms with Crippen molar-refractivity contribution in [1.82, 2.24) is 5.32 Å². The van der Waals surface area contributed by atoms with E-state index in [4.69, 9.17) is 9.47 Å². The van der Waals surface area contributed by atoms with E-state index in [0.717, 1.165) is 18.0 Å². The van der Waals surface area contributed by atoms with Gasteiger partial charge >= 0.3 is 0 Å². The second-order valence-corrected chi connectivity index (χ2v) is 7.56. The summed E-state index contributed by atoms with van der Waals surface area (Å²) in [6, 6.07) is 6.51. The summed E-state index contributed by atoms with van der Waals surface area (Å²) in [4.78, 5) is 0. The van der Waals surface area contributed by atoms with Gasteiger partial charge in [-0.2, -0.15) is 0 Å². The van der Waals surface area contributed by atoms with Crippen molar-refractivity contribution in [1.29, 1.82) is 0 Å². The van der Waals surface area contributed by atoms with Crippen LogP contribution in [0.2, 0.25) is 0 Å². The Morgan fingerprint density at radius 3 is 2.48 bits per heavy atom. The molecule has 1 fully saturated rings. The van der Waals surface area contributed by atoms with Gasteiger partial charge < -0.3 is 14.8 Å². The van der Waals surface area contributed by atoms with Crippen LogP contribution in [0.3, 0.4) is 0 Å². The first-order chi connectivity index (χ1) is 9.91. The van der Waals surface area contributed by atoms with Gasteiger partial charge in [-0.3, -0.25) is 0 Å². The van der Waals surface area contributed by atoms with E-state index in [1.165, 1.54) is 18.4 Å². The van der Waals surface area contributed by atoms with Crippen LogP contribution in [0.15, 0.2) is 18.2 Å². The van der Waals surface area contributed by atoms with Crippen molar-refractivity contribution >= 4 is 0 Å². The fraction of sp³-hybridized carbons (Fsp3) is 0.667. The number of hydrogen-bond acceptors (Lipinski definition) is 3. The SMILES string of the molecule is CC1CCC1(CNC(C)(C)C)c1ccc2c(c1)OCCO2. The summed E-state index contributed by atoms with van der Waals surface area (Å²) in [5.74, 6) is 2.50. The third-order valence-electron chi connectivity index (χ3n) is 5.02. The molecule has 0 aromatic heterocycles. The molecule has 1 aliphatic heterocycles. The Kier molecular flexibility index (Phi) is 3.64. The van der Waals surface area contributed by atoms with Crippen molar-refractivity contribution in [2.45, 2.75) is 51.5 Å². The van der Waals surface area contributed by atoms with Crippen LogP contribution >= 0.6 is 0 Å². The van der Waals surface area contributed by atoms with Crippen molar-refractivity contribution in [2.24, 2.45) is 5.92 Å². The van der Waals surface area contributed by atoms with Crippen molar-refractivity contribution in [2.75, 3.05) is 19.8 Å². The molecule has 1 N–H and O–H groups in total. The summed E-state index contributed by atoms with van der Waals surface area (Å²) in [5.41, 5.74) is 1.78. The summed E-state index contributed by atoms with van der Waals surface area (Å²) in [6.45, 7) is 11.4. The molecule has 0 radical (unpaired) electrons. The molecular formula is C18H27NO2. The lowest BCUT2D eigenvalue weighted by molar-refractivity contribution is 0.122. The van der Waals surface area contributed by atoms with Crippen LogP contribution in [0.4, 0.5) is 0 Å². The molecule has 0 amide bonds. The van der Waals surface area contributed by atoms with Gasteiger partial charge in [0.15, 0.2) is 11.5 Å². The first kappa shape index (κ1) is 14.7. The molecule has 1 saturated carbocycles. The van der Waals surface area contributed by atoms with Crippen LogP contribution in [0.25, 0.3) is 0 Å². The quantitative estimate of drug-likeness (QED) is 0.923. The smallest absolute Gasteiger partial charge is 0.161 e. The molecule has 3 nitrogen and oxygen atoms in total. The minimum atomic E-state index is 0.149. The number of benzene rings is 1. The topological polar surface area (TPSA) is 30.5 Å². The highest BCUT2D eigenvalue weighted by molar-refractivity contribution is 5.47. The van der Waals surface area contributed by atoms with Crippen molar-refractivity contribution < 1.29 is 9.47 Å². The fourth-order valence-corrected chi connectivity index (χ4v) is 3.35. The Bertz CT molecular complexity index is 520. The van der Waals surface area contributed by atoms with E-state index in [9.17, 15) is 0 Å². The number of ether oxygens (including phenoxy) is 2. The van der Waals surface area contributed by atoms with Gasteiger partial charge in [0.05, 0.1) is 0 Å². The Balaban J connectivity index is 1.87. The summed E-state index contributed by atoms with van der Waals surface area (Å²) < 4.78 is 11.4. The maximum Gasteiger partial charge on any atom is 0.161 e. The largest absolute Gasteiger partial charge is 0.486 e. The van der Waals surface area contributed by atoms with Crippen LogP contribution in [-0.4, -0.2) is 25.3 Å². The van der Waals surface area contributed by atoms with Gasteiger partial charge in [-0.25, -0.2) is 0 Å². The molecule has 2 aliphatic rings. The summed E-state index contributed by atoms with van der Waals surface area (Å²) >= 11 is 0. The lowest BCUT2D eigenvalue weighted by atomic mass is 9.57. The van der Waals surface area contributed by atoms with Gasteiger partial charge in [0.25, 0.3) is 0 Å². The molecule has 3 rings (SSSR count). The summed E-state index contributed by atoms with van der Waals surface area (Å²) in [7, 11) is 0. The highest BCUT2D eigenvalue weighted by Gasteiger charge is 2.45. The minimum Gasteiger partial charge on any atom is -0.486 e. The zero-order valence-electron chi connectivity index (χ0n) is 13.7. The van der Waals surface area contributed by atoms with E-state index in [1.54, 1.807) is 0 Å². The van der Waals surface area contributed by atoms with Gasteiger partial charge in [-0.05, 0) is 57.2 Å². The molecule has 1 heterocycles. The van der Waals surface area contributed by atoms with Crippen LogP contribution < -0.4 is 14.8 Å². The van der Waals surface area contributed by atoms with Crippen molar-refractivity contribution in [3.05, 3.63) is 23.8 Å². The Hall–Kier alpha value is -1.22. The first-order valence-electron chi connectivity index (χ1n) is 8.06. The molecule has 0 saturated heterocycles. The summed E-state index contributed by atoms with van der Waals surface area (Å²) in [6.07, 6.45) is 2.55. The van der Waals surface area contributed by atoms with E-state index in [0.29, 0.717) is 19.1 Å². The van der Waals surface area contributed by atoms with Crippen LogP contribution in [-0.2, 0) is 5.41 Å². The third kappa shape index (κ3) is 2.76. The summed E-state index contributed by atoms with van der Waals surface area (Å²) in [5, 5.41) is 3.70.